The number of ether oxygens (including phenoxy) is 3. The number of guanidine groups is 1. The Bertz CT molecular complexity index is 655. The summed E-state index contributed by atoms with van der Waals surface area (Å²) in [6.07, 6.45) is 9.61. The second-order valence-corrected chi connectivity index (χ2v) is 8.11. The largest absolute Gasteiger partial charge is 0.474 e. The average molecular weight is 403 g/mol. The van der Waals surface area contributed by atoms with Crippen molar-refractivity contribution >= 4 is 5.96 Å². The Morgan fingerprint density at radius 2 is 2.03 bits per heavy atom. The van der Waals surface area contributed by atoms with E-state index >= 15 is 0 Å². The summed E-state index contributed by atoms with van der Waals surface area (Å²) in [5, 5.41) is 3.43. The van der Waals surface area contributed by atoms with Crippen molar-refractivity contribution in [3.8, 4) is 5.88 Å². The Morgan fingerprint density at radius 3 is 2.76 bits per heavy atom. The van der Waals surface area contributed by atoms with E-state index in [1.807, 2.05) is 12.3 Å². The van der Waals surface area contributed by atoms with Gasteiger partial charge < -0.3 is 24.4 Å². The Balaban J connectivity index is 1.34. The van der Waals surface area contributed by atoms with Crippen molar-refractivity contribution in [2.75, 3.05) is 32.8 Å². The molecule has 3 fully saturated rings. The summed E-state index contributed by atoms with van der Waals surface area (Å²) >= 11 is 0. The number of nitrogens with one attached hydrogen (secondary N) is 1. The molecule has 7 nitrogen and oxygen atoms in total. The van der Waals surface area contributed by atoms with Crippen molar-refractivity contribution < 1.29 is 14.2 Å². The van der Waals surface area contributed by atoms with Gasteiger partial charge in [0.1, 0.15) is 12.2 Å². The van der Waals surface area contributed by atoms with Gasteiger partial charge in [0.2, 0.25) is 5.88 Å². The van der Waals surface area contributed by atoms with Crippen molar-refractivity contribution in [3.63, 3.8) is 0 Å². The van der Waals surface area contributed by atoms with Gasteiger partial charge in [-0.3, -0.25) is 0 Å². The maximum atomic E-state index is 5.98. The number of nitrogens with zero attached hydrogens (tertiary/aromatic N) is 3. The molecule has 160 valence electrons. The third-order valence-corrected chi connectivity index (χ3v) is 5.91. The Morgan fingerprint density at radius 1 is 1.17 bits per heavy atom. The van der Waals surface area contributed by atoms with Crippen LogP contribution in [0.2, 0.25) is 0 Å². The lowest BCUT2D eigenvalue weighted by Gasteiger charge is -2.37. The molecular formula is C22H34N4O3. The first-order valence-corrected chi connectivity index (χ1v) is 11.2. The molecule has 1 aliphatic carbocycles. The quantitative estimate of drug-likeness (QED) is 0.583. The number of hydrogen-bond donors (Lipinski definition) is 1. The fourth-order valence-electron chi connectivity index (χ4n) is 4.33. The molecule has 4 rings (SSSR count). The highest BCUT2D eigenvalue weighted by Gasteiger charge is 2.32. The normalized spacial score (nSPS) is 26.1. The van der Waals surface area contributed by atoms with Crippen molar-refractivity contribution in [2.24, 2.45) is 4.99 Å². The van der Waals surface area contributed by atoms with Crippen LogP contribution in [0.1, 0.15) is 51.0 Å². The van der Waals surface area contributed by atoms with E-state index in [0.717, 1.165) is 69.3 Å². The summed E-state index contributed by atoms with van der Waals surface area (Å²) in [6.45, 7) is 6.78. The maximum absolute atomic E-state index is 5.98. The molecule has 0 spiro atoms. The molecule has 2 saturated heterocycles. The molecule has 1 N–H and O–H groups in total. The Labute approximate surface area is 173 Å². The number of hydrogen-bond acceptors (Lipinski definition) is 5. The van der Waals surface area contributed by atoms with Crippen molar-refractivity contribution in [1.82, 2.24) is 15.2 Å². The van der Waals surface area contributed by atoms with Gasteiger partial charge in [-0.05, 0) is 51.0 Å². The molecule has 1 saturated carbocycles. The SMILES string of the molecule is CCNC(=NCc1ccc(OC2CCCC2)nc1)N1CCOC(C2CCCO2)C1. The van der Waals surface area contributed by atoms with E-state index < -0.39 is 0 Å². The molecule has 2 aliphatic heterocycles. The van der Waals surface area contributed by atoms with E-state index in [2.05, 4.69) is 28.2 Å². The second-order valence-electron chi connectivity index (χ2n) is 8.11. The third-order valence-electron chi connectivity index (χ3n) is 5.91. The fraction of sp³-hybridized carbons (Fsp3) is 0.727. The standard InChI is InChI=1S/C22H34N4O3/c1-2-23-22(26-11-13-28-20(16-26)19-8-5-12-27-19)25-15-17-9-10-21(24-14-17)29-18-6-3-4-7-18/h9-10,14,18-20H,2-8,11-13,15-16H2,1H3,(H,23,25). The average Bonchev–Trinajstić information content (AvgIpc) is 3.47. The van der Waals surface area contributed by atoms with Crippen molar-refractivity contribution in [1.29, 1.82) is 0 Å². The van der Waals surface area contributed by atoms with E-state index in [0.29, 0.717) is 19.3 Å². The van der Waals surface area contributed by atoms with Gasteiger partial charge in [0.15, 0.2) is 5.96 Å². The zero-order chi connectivity index (χ0) is 19.9. The number of aliphatic imine (C=N–C) groups is 1. The summed E-state index contributed by atoms with van der Waals surface area (Å²) in [7, 11) is 0. The summed E-state index contributed by atoms with van der Waals surface area (Å²) in [6, 6.07) is 4.04. The fourth-order valence-corrected chi connectivity index (χ4v) is 4.33. The molecule has 0 bridgehead atoms. The highest BCUT2D eigenvalue weighted by atomic mass is 16.5. The molecule has 1 aromatic rings. The third kappa shape index (κ3) is 5.60. The van der Waals surface area contributed by atoms with Crippen LogP contribution in [-0.4, -0.2) is 67.0 Å². The molecule has 3 heterocycles. The first kappa shape index (κ1) is 20.4. The first-order chi connectivity index (χ1) is 14.3. The van der Waals surface area contributed by atoms with Gasteiger partial charge in [-0.2, -0.15) is 0 Å². The molecule has 1 aromatic heterocycles. The van der Waals surface area contributed by atoms with Gasteiger partial charge in [-0.15, -0.1) is 0 Å². The molecule has 29 heavy (non-hydrogen) atoms. The second kappa shape index (κ2) is 10.3. The van der Waals surface area contributed by atoms with Crippen LogP contribution in [0.5, 0.6) is 5.88 Å². The Hall–Kier alpha value is -1.86. The van der Waals surface area contributed by atoms with Crippen LogP contribution < -0.4 is 10.1 Å². The van der Waals surface area contributed by atoms with Crippen molar-refractivity contribution in [3.05, 3.63) is 23.9 Å². The summed E-state index contributed by atoms with van der Waals surface area (Å²) < 4.78 is 17.8. The van der Waals surface area contributed by atoms with Crippen LogP contribution in [0.3, 0.4) is 0 Å². The van der Waals surface area contributed by atoms with Crippen LogP contribution >= 0.6 is 0 Å². The molecule has 3 aliphatic rings. The zero-order valence-electron chi connectivity index (χ0n) is 17.5. The maximum Gasteiger partial charge on any atom is 0.213 e. The lowest BCUT2D eigenvalue weighted by molar-refractivity contribution is -0.0817. The number of pyridine rings is 1. The minimum Gasteiger partial charge on any atom is -0.474 e. The van der Waals surface area contributed by atoms with Gasteiger partial charge in [0.05, 0.1) is 19.3 Å². The molecule has 0 radical (unpaired) electrons. The predicted octanol–water partition coefficient (Wildman–Crippen LogP) is 2.75. The van der Waals surface area contributed by atoms with E-state index in [-0.39, 0.29) is 12.2 Å². The van der Waals surface area contributed by atoms with Crippen LogP contribution in [0.15, 0.2) is 23.3 Å². The van der Waals surface area contributed by atoms with Gasteiger partial charge in [0.25, 0.3) is 0 Å². The first-order valence-electron chi connectivity index (χ1n) is 11.2. The van der Waals surface area contributed by atoms with E-state index in [4.69, 9.17) is 19.2 Å². The zero-order valence-corrected chi connectivity index (χ0v) is 17.5. The van der Waals surface area contributed by atoms with Gasteiger partial charge >= 0.3 is 0 Å². The topological polar surface area (TPSA) is 68.2 Å². The summed E-state index contributed by atoms with van der Waals surface area (Å²) in [5.74, 6) is 1.66. The molecule has 2 atom stereocenters. The highest BCUT2D eigenvalue weighted by molar-refractivity contribution is 5.80. The van der Waals surface area contributed by atoms with Crippen LogP contribution in [0.25, 0.3) is 0 Å². The smallest absolute Gasteiger partial charge is 0.213 e. The van der Waals surface area contributed by atoms with Crippen molar-refractivity contribution in [2.45, 2.75) is 70.3 Å². The van der Waals surface area contributed by atoms with Gasteiger partial charge in [0, 0.05) is 38.5 Å². The van der Waals surface area contributed by atoms with Crippen LogP contribution in [0, 0.1) is 0 Å². The molecule has 2 unspecified atom stereocenters. The van der Waals surface area contributed by atoms with E-state index in [9.17, 15) is 0 Å². The molecule has 0 aromatic carbocycles. The predicted molar refractivity (Wildman–Crippen MR) is 112 cm³/mol. The summed E-state index contributed by atoms with van der Waals surface area (Å²) in [4.78, 5) is 11.6. The lowest BCUT2D eigenvalue weighted by Crippen LogP contribution is -2.53. The number of morpholine rings is 1. The minimum atomic E-state index is 0.129. The van der Waals surface area contributed by atoms with Gasteiger partial charge in [-0.25, -0.2) is 9.98 Å². The number of rotatable bonds is 6. The van der Waals surface area contributed by atoms with Crippen LogP contribution in [0.4, 0.5) is 0 Å². The van der Waals surface area contributed by atoms with E-state index in [1.165, 1.54) is 12.8 Å². The highest BCUT2D eigenvalue weighted by Crippen LogP contribution is 2.23. The van der Waals surface area contributed by atoms with E-state index in [1.54, 1.807) is 0 Å². The molecular weight excluding hydrogens is 368 g/mol. The Kier molecular flexibility index (Phi) is 7.22. The number of aromatic nitrogens is 1. The molecule has 0 amide bonds. The lowest BCUT2D eigenvalue weighted by atomic mass is 10.1. The summed E-state index contributed by atoms with van der Waals surface area (Å²) in [5.41, 5.74) is 1.09. The van der Waals surface area contributed by atoms with Gasteiger partial charge in [-0.1, -0.05) is 6.07 Å². The monoisotopic (exact) mass is 402 g/mol. The van der Waals surface area contributed by atoms with Crippen LogP contribution in [-0.2, 0) is 16.0 Å². The minimum absolute atomic E-state index is 0.129. The molecule has 7 heteroatoms.